The first kappa shape index (κ1) is 19.2. The number of allylic oxidation sites excluding steroid dienone is 4. The van der Waals surface area contributed by atoms with Crippen molar-refractivity contribution in [1.82, 2.24) is 0 Å². The van der Waals surface area contributed by atoms with Crippen LogP contribution >= 0.6 is 23.4 Å². The van der Waals surface area contributed by atoms with E-state index in [-0.39, 0.29) is 16.9 Å². The third kappa shape index (κ3) is 6.04. The number of alkyl halides is 4. The van der Waals surface area contributed by atoms with Crippen molar-refractivity contribution in [3.05, 3.63) is 23.8 Å². The lowest BCUT2D eigenvalue weighted by atomic mass is 9.82. The van der Waals surface area contributed by atoms with Crippen molar-refractivity contribution in [2.75, 3.05) is 6.26 Å². The first-order valence-corrected chi connectivity index (χ1v) is 10.2. The first-order valence-electron chi connectivity index (χ1n) is 8.52. The second kappa shape index (κ2) is 8.84. The van der Waals surface area contributed by atoms with Gasteiger partial charge < -0.3 is 0 Å². The second-order valence-corrected chi connectivity index (χ2v) is 8.48. The molecule has 0 spiro atoms. The number of hydrogen-bond donors (Lipinski definition) is 0. The lowest BCUT2D eigenvalue weighted by Crippen LogP contribution is -2.24. The zero-order valence-corrected chi connectivity index (χ0v) is 15.2. The molecule has 0 amide bonds. The second-order valence-electron chi connectivity index (χ2n) is 6.73. The molecule has 0 N–H and O–H groups in total. The van der Waals surface area contributed by atoms with Gasteiger partial charge in [-0.3, -0.25) is 0 Å². The molecular weight excluding hydrogens is 341 g/mol. The summed E-state index contributed by atoms with van der Waals surface area (Å²) in [4.78, 5) is 0. The van der Waals surface area contributed by atoms with E-state index in [1.807, 2.05) is 17.8 Å². The zero-order chi connectivity index (χ0) is 16.9. The SMILES string of the molecule is CSC1CCC(/C=C/C=C(/C2CCC(Cl)CC2)C(F)(F)F)CC1. The molecule has 0 unspecified atom stereocenters. The highest BCUT2D eigenvalue weighted by atomic mass is 35.5. The summed E-state index contributed by atoms with van der Waals surface area (Å²) in [6.07, 6.45) is 9.84. The Labute approximate surface area is 146 Å². The maximum atomic E-state index is 13.3. The van der Waals surface area contributed by atoms with E-state index in [0.29, 0.717) is 31.6 Å². The van der Waals surface area contributed by atoms with Gasteiger partial charge in [0.25, 0.3) is 0 Å². The molecule has 2 rings (SSSR count). The third-order valence-corrected chi connectivity index (χ3v) is 6.71. The van der Waals surface area contributed by atoms with Gasteiger partial charge in [-0.1, -0.05) is 18.2 Å². The van der Waals surface area contributed by atoms with Crippen molar-refractivity contribution in [1.29, 1.82) is 0 Å². The molecular formula is C18H26ClF3S. The molecule has 0 aromatic carbocycles. The standard InChI is InChI=1S/C18H26ClF3S/c1-23-16-11-5-13(6-12-16)3-2-4-17(18(20,21)22)14-7-9-15(19)10-8-14/h2-4,13-16H,5-12H2,1H3/b3-2+,17-4-. The Morgan fingerprint density at radius 1 is 1.00 bits per heavy atom. The predicted molar refractivity (Wildman–Crippen MR) is 94.1 cm³/mol. The largest absolute Gasteiger partial charge is 0.412 e. The Morgan fingerprint density at radius 2 is 1.61 bits per heavy atom. The summed E-state index contributed by atoms with van der Waals surface area (Å²) in [7, 11) is 0. The molecule has 5 heteroatoms. The minimum absolute atomic E-state index is 0.0443. The van der Waals surface area contributed by atoms with Crippen molar-refractivity contribution >= 4 is 23.4 Å². The molecule has 0 bridgehead atoms. The number of halogens is 4. The molecule has 2 fully saturated rings. The molecule has 0 nitrogen and oxygen atoms in total. The van der Waals surface area contributed by atoms with Crippen LogP contribution in [0.2, 0.25) is 0 Å². The first-order chi connectivity index (χ1) is 10.9. The maximum absolute atomic E-state index is 13.3. The molecule has 2 aliphatic carbocycles. The molecule has 23 heavy (non-hydrogen) atoms. The van der Waals surface area contributed by atoms with Crippen molar-refractivity contribution in [3.63, 3.8) is 0 Å². The fourth-order valence-corrected chi connectivity index (χ4v) is 4.65. The van der Waals surface area contributed by atoms with Gasteiger partial charge in [0.2, 0.25) is 0 Å². The van der Waals surface area contributed by atoms with Gasteiger partial charge >= 0.3 is 6.18 Å². The fourth-order valence-electron chi connectivity index (χ4n) is 3.66. The van der Waals surface area contributed by atoms with E-state index in [1.54, 1.807) is 6.08 Å². The fraction of sp³-hybridized carbons (Fsp3) is 0.778. The van der Waals surface area contributed by atoms with Gasteiger partial charge in [0.1, 0.15) is 0 Å². The van der Waals surface area contributed by atoms with Crippen LogP contribution in [0, 0.1) is 11.8 Å². The number of thioether (sulfide) groups is 1. The summed E-state index contributed by atoms with van der Waals surface area (Å²) >= 11 is 7.92. The minimum atomic E-state index is -4.23. The highest BCUT2D eigenvalue weighted by Gasteiger charge is 2.39. The molecule has 0 aromatic rings. The van der Waals surface area contributed by atoms with Crippen molar-refractivity contribution in [3.8, 4) is 0 Å². The van der Waals surface area contributed by atoms with Crippen molar-refractivity contribution in [2.24, 2.45) is 11.8 Å². The normalized spacial score (nSPS) is 34.0. The average molecular weight is 367 g/mol. The highest BCUT2D eigenvalue weighted by molar-refractivity contribution is 7.99. The van der Waals surface area contributed by atoms with Crippen LogP contribution in [0.1, 0.15) is 51.4 Å². The molecule has 2 saturated carbocycles. The maximum Gasteiger partial charge on any atom is 0.412 e. The van der Waals surface area contributed by atoms with E-state index < -0.39 is 6.18 Å². The summed E-state index contributed by atoms with van der Waals surface area (Å²) in [5, 5.41) is 0.773. The van der Waals surface area contributed by atoms with Gasteiger partial charge in [0.05, 0.1) is 0 Å². The molecule has 132 valence electrons. The average Bonchev–Trinajstić information content (AvgIpc) is 2.52. The van der Waals surface area contributed by atoms with E-state index in [0.717, 1.165) is 18.1 Å². The van der Waals surface area contributed by atoms with Crippen LogP contribution < -0.4 is 0 Å². The Kier molecular flexibility index (Phi) is 7.40. The van der Waals surface area contributed by atoms with E-state index in [4.69, 9.17) is 11.6 Å². The Bertz CT molecular complexity index is 414. The molecule has 0 saturated heterocycles. The monoisotopic (exact) mass is 366 g/mol. The van der Waals surface area contributed by atoms with E-state index in [2.05, 4.69) is 6.26 Å². The quantitative estimate of drug-likeness (QED) is 0.391. The number of hydrogen-bond acceptors (Lipinski definition) is 1. The molecule has 0 aliphatic heterocycles. The van der Waals surface area contributed by atoms with Crippen LogP contribution in [-0.4, -0.2) is 23.1 Å². The summed E-state index contributed by atoms with van der Waals surface area (Å²) < 4.78 is 40.0. The summed E-state index contributed by atoms with van der Waals surface area (Å²) in [6.45, 7) is 0. The van der Waals surface area contributed by atoms with Crippen LogP contribution in [0.15, 0.2) is 23.8 Å². The van der Waals surface area contributed by atoms with Gasteiger partial charge in [-0.05, 0) is 69.5 Å². The van der Waals surface area contributed by atoms with Gasteiger partial charge in [-0.2, -0.15) is 24.9 Å². The van der Waals surface area contributed by atoms with Gasteiger partial charge in [0.15, 0.2) is 0 Å². The van der Waals surface area contributed by atoms with E-state index >= 15 is 0 Å². The van der Waals surface area contributed by atoms with Gasteiger partial charge in [0, 0.05) is 16.2 Å². The van der Waals surface area contributed by atoms with Crippen molar-refractivity contribution < 1.29 is 13.2 Å². The zero-order valence-electron chi connectivity index (χ0n) is 13.6. The van der Waals surface area contributed by atoms with Gasteiger partial charge in [-0.25, -0.2) is 0 Å². The highest BCUT2D eigenvalue weighted by Crippen LogP contribution is 2.40. The Morgan fingerprint density at radius 3 is 2.13 bits per heavy atom. The molecule has 0 heterocycles. The lowest BCUT2D eigenvalue weighted by Gasteiger charge is -2.28. The molecule has 0 atom stereocenters. The van der Waals surface area contributed by atoms with Crippen LogP contribution in [0.3, 0.4) is 0 Å². The summed E-state index contributed by atoms with van der Waals surface area (Å²) in [5.41, 5.74) is -0.366. The summed E-state index contributed by atoms with van der Waals surface area (Å²) in [5.74, 6) is 0.0459. The van der Waals surface area contributed by atoms with E-state index in [1.165, 1.54) is 18.9 Å². The van der Waals surface area contributed by atoms with Crippen molar-refractivity contribution in [2.45, 2.75) is 68.2 Å². The minimum Gasteiger partial charge on any atom is -0.166 e. The van der Waals surface area contributed by atoms with Crippen LogP contribution in [0.5, 0.6) is 0 Å². The van der Waals surface area contributed by atoms with Crippen LogP contribution in [0.4, 0.5) is 13.2 Å². The smallest absolute Gasteiger partial charge is 0.166 e. The van der Waals surface area contributed by atoms with Gasteiger partial charge in [-0.15, -0.1) is 11.6 Å². The topological polar surface area (TPSA) is 0 Å². The lowest BCUT2D eigenvalue weighted by molar-refractivity contribution is -0.100. The third-order valence-electron chi connectivity index (χ3n) is 5.14. The molecule has 0 radical (unpaired) electrons. The molecule has 2 aliphatic rings. The van der Waals surface area contributed by atoms with Crippen LogP contribution in [-0.2, 0) is 0 Å². The molecule has 0 aromatic heterocycles. The Hall–Kier alpha value is -0.0900. The van der Waals surface area contributed by atoms with Crippen LogP contribution in [0.25, 0.3) is 0 Å². The number of rotatable bonds is 4. The summed E-state index contributed by atoms with van der Waals surface area (Å²) in [6, 6.07) is 0. The predicted octanol–water partition coefficient (Wildman–Crippen LogP) is 6.75. The Balaban J connectivity index is 1.96. The van der Waals surface area contributed by atoms with E-state index in [9.17, 15) is 13.2 Å².